The SMILES string of the molecule is C=Cc1ccc(CC(=S)N(SCC)SCC)cc1. The number of benzene rings is 1. The van der Waals surface area contributed by atoms with Gasteiger partial charge in [-0.15, -0.1) is 0 Å². The van der Waals surface area contributed by atoms with Crippen LogP contribution in [0.3, 0.4) is 0 Å². The highest BCUT2D eigenvalue weighted by molar-refractivity contribution is 8.13. The monoisotopic (exact) mass is 297 g/mol. The van der Waals surface area contributed by atoms with Crippen molar-refractivity contribution in [1.82, 2.24) is 3.71 Å². The van der Waals surface area contributed by atoms with Gasteiger partial charge in [0.1, 0.15) is 4.99 Å². The molecule has 98 valence electrons. The van der Waals surface area contributed by atoms with E-state index >= 15 is 0 Å². The first-order chi connectivity index (χ1) is 8.71. The Kier molecular flexibility index (Phi) is 7.47. The highest BCUT2D eigenvalue weighted by atomic mass is 32.2. The van der Waals surface area contributed by atoms with Gasteiger partial charge in [-0.25, -0.2) is 0 Å². The second-order valence-electron chi connectivity index (χ2n) is 3.61. The molecule has 0 amide bonds. The summed E-state index contributed by atoms with van der Waals surface area (Å²) in [6, 6.07) is 8.40. The number of rotatable bonds is 7. The van der Waals surface area contributed by atoms with Crippen molar-refractivity contribution in [3.63, 3.8) is 0 Å². The summed E-state index contributed by atoms with van der Waals surface area (Å²) < 4.78 is 2.16. The van der Waals surface area contributed by atoms with Gasteiger partial charge in [0.2, 0.25) is 0 Å². The van der Waals surface area contributed by atoms with Gasteiger partial charge in [-0.2, -0.15) is 0 Å². The molecule has 0 saturated carbocycles. The van der Waals surface area contributed by atoms with Gasteiger partial charge in [-0.1, -0.05) is 63.0 Å². The van der Waals surface area contributed by atoms with Crippen molar-refractivity contribution < 1.29 is 0 Å². The molecule has 0 N–H and O–H groups in total. The van der Waals surface area contributed by atoms with Gasteiger partial charge in [-0.05, 0) is 35.0 Å². The molecule has 0 atom stereocenters. The van der Waals surface area contributed by atoms with Crippen LogP contribution in [0.25, 0.3) is 6.08 Å². The maximum absolute atomic E-state index is 5.51. The molecule has 1 aromatic rings. The topological polar surface area (TPSA) is 3.24 Å². The molecule has 0 aromatic heterocycles. The summed E-state index contributed by atoms with van der Waals surface area (Å²) in [6.45, 7) is 8.05. The van der Waals surface area contributed by atoms with Gasteiger partial charge in [-0.3, -0.25) is 3.71 Å². The van der Waals surface area contributed by atoms with Crippen molar-refractivity contribution in [1.29, 1.82) is 0 Å². The third-order valence-corrected chi connectivity index (χ3v) is 4.88. The minimum absolute atomic E-state index is 0.826. The number of nitrogens with zero attached hydrogens (tertiary/aromatic N) is 1. The first-order valence-electron chi connectivity index (χ1n) is 6.01. The Labute approximate surface area is 124 Å². The summed E-state index contributed by atoms with van der Waals surface area (Å²) in [7, 11) is 0. The third-order valence-electron chi connectivity index (χ3n) is 2.27. The van der Waals surface area contributed by atoms with E-state index in [1.807, 2.05) is 6.08 Å². The number of hydrogen-bond donors (Lipinski definition) is 0. The standard InChI is InChI=1S/C14H19NS3/c1-4-12-7-9-13(10-8-12)11-14(16)15(17-5-2)18-6-3/h4,7-10H,1,5-6,11H2,2-3H3. The molecular formula is C14H19NS3. The maximum atomic E-state index is 5.51. The molecule has 0 saturated heterocycles. The lowest BCUT2D eigenvalue weighted by atomic mass is 10.1. The highest BCUT2D eigenvalue weighted by Crippen LogP contribution is 2.24. The van der Waals surface area contributed by atoms with Crippen molar-refractivity contribution in [2.45, 2.75) is 20.3 Å². The molecular weight excluding hydrogens is 278 g/mol. The van der Waals surface area contributed by atoms with Crippen LogP contribution in [0.15, 0.2) is 30.8 Å². The van der Waals surface area contributed by atoms with E-state index in [0.717, 1.165) is 28.5 Å². The first-order valence-corrected chi connectivity index (χ1v) is 8.30. The normalized spacial score (nSPS) is 10.1. The van der Waals surface area contributed by atoms with Gasteiger partial charge in [0.25, 0.3) is 0 Å². The third kappa shape index (κ3) is 5.04. The van der Waals surface area contributed by atoms with E-state index < -0.39 is 0 Å². The van der Waals surface area contributed by atoms with E-state index in [-0.39, 0.29) is 0 Å². The fourth-order valence-electron chi connectivity index (χ4n) is 1.43. The summed E-state index contributed by atoms with van der Waals surface area (Å²) >= 11 is 9.06. The number of thiocarbonyl (C=S) groups is 1. The van der Waals surface area contributed by atoms with Crippen molar-refractivity contribution >= 4 is 47.2 Å². The fourth-order valence-corrected chi connectivity index (χ4v) is 3.73. The Morgan fingerprint density at radius 1 is 1.22 bits per heavy atom. The average molecular weight is 298 g/mol. The zero-order chi connectivity index (χ0) is 13.4. The second-order valence-corrected chi connectivity index (χ2v) is 6.71. The quantitative estimate of drug-likeness (QED) is 0.523. The van der Waals surface area contributed by atoms with Crippen LogP contribution >= 0.6 is 36.1 Å². The van der Waals surface area contributed by atoms with E-state index in [0.29, 0.717) is 0 Å². The van der Waals surface area contributed by atoms with E-state index in [9.17, 15) is 0 Å². The van der Waals surface area contributed by atoms with Gasteiger partial charge in [0.15, 0.2) is 0 Å². The molecule has 0 aliphatic heterocycles. The molecule has 1 rings (SSSR count). The molecule has 0 aliphatic carbocycles. The van der Waals surface area contributed by atoms with Gasteiger partial charge in [0.05, 0.1) is 0 Å². The van der Waals surface area contributed by atoms with Crippen LogP contribution in [0.5, 0.6) is 0 Å². The Hall–Kier alpha value is -0.450. The number of hydrogen-bond acceptors (Lipinski definition) is 3. The lowest BCUT2D eigenvalue weighted by Crippen LogP contribution is -2.18. The summed E-state index contributed by atoms with van der Waals surface area (Å²) in [5, 5.41) is 0. The Morgan fingerprint density at radius 3 is 2.22 bits per heavy atom. The molecule has 18 heavy (non-hydrogen) atoms. The molecule has 1 aromatic carbocycles. The molecule has 0 aliphatic rings. The zero-order valence-electron chi connectivity index (χ0n) is 10.9. The van der Waals surface area contributed by atoms with Crippen LogP contribution in [0.1, 0.15) is 25.0 Å². The van der Waals surface area contributed by atoms with Crippen LogP contribution < -0.4 is 0 Å². The minimum atomic E-state index is 0.826. The van der Waals surface area contributed by atoms with Gasteiger partial charge in [0, 0.05) is 17.9 Å². The molecule has 0 radical (unpaired) electrons. The van der Waals surface area contributed by atoms with Crippen LogP contribution in [0.2, 0.25) is 0 Å². The smallest absolute Gasteiger partial charge is 0.104 e. The molecule has 4 heteroatoms. The Morgan fingerprint density at radius 2 is 1.78 bits per heavy atom. The van der Waals surface area contributed by atoms with Crippen molar-refractivity contribution in [3.8, 4) is 0 Å². The molecule has 0 unspecified atom stereocenters. The molecule has 0 bridgehead atoms. The predicted molar refractivity (Wildman–Crippen MR) is 90.9 cm³/mol. The summed E-state index contributed by atoms with van der Waals surface area (Å²) in [5.74, 6) is 2.09. The molecule has 0 fully saturated rings. The van der Waals surface area contributed by atoms with Gasteiger partial charge < -0.3 is 0 Å². The van der Waals surface area contributed by atoms with Crippen LogP contribution in [0, 0.1) is 0 Å². The lowest BCUT2D eigenvalue weighted by molar-refractivity contribution is 1.09. The molecule has 0 spiro atoms. The summed E-state index contributed by atoms with van der Waals surface area (Å²) in [5.41, 5.74) is 2.40. The van der Waals surface area contributed by atoms with Crippen molar-refractivity contribution in [3.05, 3.63) is 42.0 Å². The minimum Gasteiger partial charge on any atom is -0.252 e. The Bertz CT molecular complexity index is 381. The van der Waals surface area contributed by atoms with Crippen molar-refractivity contribution in [2.24, 2.45) is 0 Å². The highest BCUT2D eigenvalue weighted by Gasteiger charge is 2.10. The fraction of sp³-hybridized carbons (Fsp3) is 0.357. The van der Waals surface area contributed by atoms with Crippen molar-refractivity contribution in [2.75, 3.05) is 11.5 Å². The summed E-state index contributed by atoms with van der Waals surface area (Å²) in [4.78, 5) is 0.986. The predicted octanol–water partition coefficient (Wildman–Crippen LogP) is 4.84. The average Bonchev–Trinajstić information content (AvgIpc) is 2.39. The summed E-state index contributed by atoms with van der Waals surface area (Å²) in [6.07, 6.45) is 2.68. The van der Waals surface area contributed by atoms with E-state index in [1.165, 1.54) is 5.56 Å². The van der Waals surface area contributed by atoms with Crippen LogP contribution in [0.4, 0.5) is 0 Å². The van der Waals surface area contributed by atoms with Gasteiger partial charge >= 0.3 is 0 Å². The second kappa shape index (κ2) is 8.62. The first kappa shape index (κ1) is 15.6. The van der Waals surface area contributed by atoms with E-state index in [2.05, 4.69) is 48.4 Å². The Balaban J connectivity index is 2.63. The largest absolute Gasteiger partial charge is 0.252 e. The maximum Gasteiger partial charge on any atom is 0.104 e. The van der Waals surface area contributed by atoms with E-state index in [1.54, 1.807) is 23.9 Å². The lowest BCUT2D eigenvalue weighted by Gasteiger charge is -2.21. The van der Waals surface area contributed by atoms with E-state index in [4.69, 9.17) is 12.2 Å². The van der Waals surface area contributed by atoms with Crippen LogP contribution in [-0.4, -0.2) is 20.2 Å². The molecule has 0 heterocycles. The van der Waals surface area contributed by atoms with Crippen LogP contribution in [-0.2, 0) is 6.42 Å². The molecule has 1 nitrogen and oxygen atoms in total. The zero-order valence-corrected chi connectivity index (χ0v) is 13.3.